The van der Waals surface area contributed by atoms with E-state index in [1.165, 1.54) is 10.9 Å². The molecule has 9 nitrogen and oxygen atoms in total. The van der Waals surface area contributed by atoms with E-state index in [0.717, 1.165) is 0 Å². The van der Waals surface area contributed by atoms with Crippen molar-refractivity contribution in [1.82, 2.24) is 19.5 Å². The zero-order chi connectivity index (χ0) is 15.3. The average molecular weight is 334 g/mol. The highest BCUT2D eigenvalue weighted by Crippen LogP contribution is 2.36. The van der Waals surface area contributed by atoms with Gasteiger partial charge in [0, 0.05) is 0 Å². The van der Waals surface area contributed by atoms with Gasteiger partial charge in [0.05, 0.1) is 0 Å². The van der Waals surface area contributed by atoms with Crippen LogP contribution in [0.3, 0.4) is 0 Å². The first kappa shape index (κ1) is 14.1. The van der Waals surface area contributed by atoms with Gasteiger partial charge in [0.15, 0.2) is 16.9 Å². The Bertz CT molecular complexity index is 796. The lowest BCUT2D eigenvalue weighted by atomic mass is 10.2. The number of nitrogens with zero attached hydrogens (tertiary/aromatic N) is 3. The smallest absolute Gasteiger partial charge is 0.280 e. The third-order valence-electron chi connectivity index (χ3n) is 3.04. The molecular formula is C10H9Cl2N5O4. The molecule has 21 heavy (non-hydrogen) atoms. The Morgan fingerprint density at radius 2 is 2.19 bits per heavy atom. The summed E-state index contributed by atoms with van der Waals surface area (Å²) in [6.07, 6.45) is -2.64. The standard InChI is InChI=1S/C10H9Cl2N5O4/c11-6(12)5-3(18)4(19)9(21-5)17-1-14-2-7(17)15-10(13)16-8(2)20/h1,3-4,9,18-19H,(H3,13,15,16,20)/t3-,4+,9+/m0/s1. The Balaban J connectivity index is 2.14. The van der Waals surface area contributed by atoms with Gasteiger partial charge in [0.25, 0.3) is 5.56 Å². The third kappa shape index (κ3) is 2.14. The lowest BCUT2D eigenvalue weighted by molar-refractivity contribution is -0.0118. The first-order chi connectivity index (χ1) is 9.90. The van der Waals surface area contributed by atoms with Crippen molar-refractivity contribution >= 4 is 40.3 Å². The normalized spacial score (nSPS) is 25.3. The number of imidazole rings is 1. The molecule has 3 rings (SSSR count). The summed E-state index contributed by atoms with van der Waals surface area (Å²) >= 11 is 11.1. The number of aromatic nitrogens is 4. The van der Waals surface area contributed by atoms with Gasteiger partial charge < -0.3 is 20.7 Å². The Morgan fingerprint density at radius 3 is 2.81 bits per heavy atom. The molecule has 0 aliphatic carbocycles. The van der Waals surface area contributed by atoms with E-state index in [-0.39, 0.29) is 27.4 Å². The predicted molar refractivity (Wildman–Crippen MR) is 73.4 cm³/mol. The minimum Gasteiger partial charge on any atom is -0.466 e. The number of aromatic amines is 1. The Labute approximate surface area is 126 Å². The second kappa shape index (κ2) is 4.88. The highest BCUT2D eigenvalue weighted by Gasteiger charge is 2.43. The van der Waals surface area contributed by atoms with Gasteiger partial charge in [0.2, 0.25) is 12.2 Å². The molecule has 3 heterocycles. The maximum absolute atomic E-state index is 11.7. The number of hydrogen-bond acceptors (Lipinski definition) is 7. The predicted octanol–water partition coefficient (Wildman–Crippen LogP) is -0.401. The summed E-state index contributed by atoms with van der Waals surface area (Å²) in [7, 11) is 0. The van der Waals surface area contributed by atoms with E-state index in [1.54, 1.807) is 0 Å². The van der Waals surface area contributed by atoms with E-state index in [4.69, 9.17) is 33.7 Å². The van der Waals surface area contributed by atoms with Crippen LogP contribution in [0.15, 0.2) is 21.4 Å². The van der Waals surface area contributed by atoms with Crippen molar-refractivity contribution in [1.29, 1.82) is 0 Å². The number of H-pyrrole nitrogens is 1. The largest absolute Gasteiger partial charge is 0.466 e. The number of aliphatic hydroxyl groups excluding tert-OH is 2. The Hall–Kier alpha value is -1.81. The minimum atomic E-state index is -1.41. The van der Waals surface area contributed by atoms with Crippen LogP contribution >= 0.6 is 23.2 Å². The molecule has 0 spiro atoms. The van der Waals surface area contributed by atoms with E-state index in [9.17, 15) is 15.0 Å². The molecule has 1 aliphatic rings. The number of halogens is 2. The number of rotatable bonds is 1. The molecule has 1 fully saturated rings. The summed E-state index contributed by atoms with van der Waals surface area (Å²) < 4.78 is 6.28. The van der Waals surface area contributed by atoms with Gasteiger partial charge in [-0.2, -0.15) is 4.98 Å². The van der Waals surface area contributed by atoms with Crippen LogP contribution in [0, 0.1) is 0 Å². The fraction of sp³-hybridized carbons (Fsp3) is 0.300. The molecule has 112 valence electrons. The van der Waals surface area contributed by atoms with E-state index in [0.29, 0.717) is 0 Å². The number of nitrogens with one attached hydrogen (secondary N) is 1. The van der Waals surface area contributed by atoms with Crippen LogP contribution in [0.2, 0.25) is 0 Å². The number of nitrogens with two attached hydrogens (primary N) is 1. The van der Waals surface area contributed by atoms with Gasteiger partial charge in [-0.1, -0.05) is 23.2 Å². The zero-order valence-corrected chi connectivity index (χ0v) is 11.7. The molecule has 0 unspecified atom stereocenters. The number of fused-ring (bicyclic) bond motifs is 1. The number of ether oxygens (including phenoxy) is 1. The van der Waals surface area contributed by atoms with Gasteiger partial charge in [-0.15, -0.1) is 0 Å². The van der Waals surface area contributed by atoms with Crippen LogP contribution in [0.4, 0.5) is 5.95 Å². The third-order valence-corrected chi connectivity index (χ3v) is 3.42. The van der Waals surface area contributed by atoms with Crippen molar-refractivity contribution in [2.45, 2.75) is 18.4 Å². The summed E-state index contributed by atoms with van der Waals surface area (Å²) in [6.45, 7) is 0. The van der Waals surface area contributed by atoms with Crippen molar-refractivity contribution in [3.63, 3.8) is 0 Å². The van der Waals surface area contributed by atoms with Gasteiger partial charge in [-0.05, 0) is 0 Å². The lowest BCUT2D eigenvalue weighted by Crippen LogP contribution is -2.28. The van der Waals surface area contributed by atoms with E-state index in [2.05, 4.69) is 15.0 Å². The van der Waals surface area contributed by atoms with Crippen LogP contribution in [-0.2, 0) is 4.74 Å². The molecule has 3 atom stereocenters. The fourth-order valence-corrected chi connectivity index (χ4v) is 2.40. The maximum Gasteiger partial charge on any atom is 0.280 e. The maximum atomic E-state index is 11.7. The molecule has 5 N–H and O–H groups in total. The van der Waals surface area contributed by atoms with Gasteiger partial charge in [-0.25, -0.2) is 4.98 Å². The molecule has 0 amide bonds. The minimum absolute atomic E-state index is 0.0175. The van der Waals surface area contributed by atoms with Crippen LogP contribution in [0.1, 0.15) is 6.23 Å². The second-order valence-corrected chi connectivity index (χ2v) is 5.29. The summed E-state index contributed by atoms with van der Waals surface area (Å²) in [6, 6.07) is 0. The molecule has 2 aromatic rings. The summed E-state index contributed by atoms with van der Waals surface area (Å²) in [4.78, 5) is 21.8. The van der Waals surface area contributed by atoms with Crippen LogP contribution in [0.25, 0.3) is 11.2 Å². The molecular weight excluding hydrogens is 325 g/mol. The fourth-order valence-electron chi connectivity index (χ4n) is 2.09. The zero-order valence-electron chi connectivity index (χ0n) is 10.2. The molecule has 1 saturated heterocycles. The Morgan fingerprint density at radius 1 is 1.48 bits per heavy atom. The first-order valence-electron chi connectivity index (χ1n) is 5.70. The number of nitrogen functional groups attached to an aromatic ring is 1. The monoisotopic (exact) mass is 333 g/mol. The van der Waals surface area contributed by atoms with E-state index < -0.39 is 24.0 Å². The van der Waals surface area contributed by atoms with E-state index >= 15 is 0 Å². The first-order valence-corrected chi connectivity index (χ1v) is 6.46. The number of aliphatic hydroxyl groups is 2. The van der Waals surface area contributed by atoms with Crippen molar-refractivity contribution in [2.75, 3.05) is 5.73 Å². The van der Waals surface area contributed by atoms with Crippen LogP contribution in [-0.4, -0.2) is 41.9 Å². The highest BCUT2D eigenvalue weighted by atomic mass is 35.5. The van der Waals surface area contributed by atoms with Crippen molar-refractivity contribution in [3.8, 4) is 0 Å². The SMILES string of the molecule is Nc1nc2c(ncn2[C@@H]2OC(=C(Cl)Cl)[C@@H](O)[C@H]2O)c(=O)[nH]1. The van der Waals surface area contributed by atoms with Crippen LogP contribution < -0.4 is 11.3 Å². The quantitative estimate of drug-likeness (QED) is 0.556. The second-order valence-electron chi connectivity index (χ2n) is 4.34. The molecule has 0 bridgehead atoms. The summed E-state index contributed by atoms with van der Waals surface area (Å²) in [5.41, 5.74) is 5.06. The topological polar surface area (TPSA) is 139 Å². The van der Waals surface area contributed by atoms with Gasteiger partial charge in [0.1, 0.15) is 23.0 Å². The van der Waals surface area contributed by atoms with Crippen LogP contribution in [0.5, 0.6) is 0 Å². The molecule has 0 aromatic carbocycles. The van der Waals surface area contributed by atoms with Crippen molar-refractivity contribution in [2.24, 2.45) is 0 Å². The lowest BCUT2D eigenvalue weighted by Gasteiger charge is -2.15. The molecule has 1 aliphatic heterocycles. The van der Waals surface area contributed by atoms with E-state index in [1.807, 2.05) is 0 Å². The average Bonchev–Trinajstić information content (AvgIpc) is 2.93. The summed E-state index contributed by atoms with van der Waals surface area (Å²) in [5.74, 6) is -0.288. The van der Waals surface area contributed by atoms with Crippen molar-refractivity contribution in [3.05, 3.63) is 26.9 Å². The number of anilines is 1. The van der Waals surface area contributed by atoms with Gasteiger partial charge >= 0.3 is 0 Å². The van der Waals surface area contributed by atoms with Crippen molar-refractivity contribution < 1.29 is 14.9 Å². The van der Waals surface area contributed by atoms with Gasteiger partial charge in [-0.3, -0.25) is 14.3 Å². The highest BCUT2D eigenvalue weighted by molar-refractivity contribution is 6.56. The molecule has 2 aromatic heterocycles. The molecule has 0 saturated carbocycles. The number of hydrogen-bond donors (Lipinski definition) is 4. The summed E-state index contributed by atoms with van der Waals surface area (Å²) in [5, 5.41) is 19.9. The molecule has 11 heteroatoms. The molecule has 0 radical (unpaired) electrons. The Kier molecular flexibility index (Phi) is 3.29.